The molecule has 0 bridgehead atoms. The van der Waals surface area contributed by atoms with Crippen molar-refractivity contribution in [1.82, 2.24) is 0 Å². The van der Waals surface area contributed by atoms with E-state index in [9.17, 15) is 9.18 Å². The normalized spacial score (nSPS) is 10.3. The molecule has 19 heavy (non-hydrogen) atoms. The molecule has 0 aliphatic carbocycles. The van der Waals surface area contributed by atoms with Gasteiger partial charge in [-0.25, -0.2) is 4.39 Å². The first-order chi connectivity index (χ1) is 8.97. The number of nitrogens with one attached hydrogen (secondary N) is 1. The Morgan fingerprint density at radius 1 is 1.26 bits per heavy atom. The molecule has 0 radical (unpaired) electrons. The predicted molar refractivity (Wildman–Crippen MR) is 86.2 cm³/mol. The molecule has 6 heteroatoms. The topological polar surface area (TPSA) is 29.1 Å². The summed E-state index contributed by atoms with van der Waals surface area (Å²) in [6, 6.07) is 9.38. The lowest BCUT2D eigenvalue weighted by Gasteiger charge is -2.08. The highest BCUT2D eigenvalue weighted by Gasteiger charge is 2.13. The van der Waals surface area contributed by atoms with Crippen LogP contribution < -0.4 is 5.32 Å². The Balaban J connectivity index is 2.28. The first kappa shape index (κ1) is 14.7. The number of anilines is 1. The molecule has 1 amide bonds. The molecular weight excluding hydrogens is 447 g/mol. The van der Waals surface area contributed by atoms with E-state index < -0.39 is 11.7 Å². The van der Waals surface area contributed by atoms with E-state index in [-0.39, 0.29) is 5.56 Å². The number of benzene rings is 2. The number of carbonyl (C=O) groups excluding carboxylic acids is 1. The third-order valence-corrected chi connectivity index (χ3v) is 3.83. The van der Waals surface area contributed by atoms with Crippen molar-refractivity contribution in [2.75, 3.05) is 5.32 Å². The largest absolute Gasteiger partial charge is 0.321 e. The molecule has 0 aliphatic heterocycles. The highest BCUT2D eigenvalue weighted by Crippen LogP contribution is 2.25. The molecule has 0 fully saturated rings. The van der Waals surface area contributed by atoms with Crippen LogP contribution in [0.3, 0.4) is 0 Å². The maximum absolute atomic E-state index is 13.6. The van der Waals surface area contributed by atoms with Crippen LogP contribution in [0.4, 0.5) is 10.1 Å². The van der Waals surface area contributed by atoms with Gasteiger partial charge < -0.3 is 5.32 Å². The Morgan fingerprint density at radius 3 is 2.68 bits per heavy atom. The van der Waals surface area contributed by atoms with E-state index >= 15 is 0 Å². The number of carbonyl (C=O) groups is 1. The fourth-order valence-electron chi connectivity index (χ4n) is 1.45. The van der Waals surface area contributed by atoms with Crippen molar-refractivity contribution in [2.24, 2.45) is 0 Å². The molecule has 98 valence electrons. The summed E-state index contributed by atoms with van der Waals surface area (Å²) in [5, 5.41) is 3.00. The monoisotopic (exact) mass is 453 g/mol. The predicted octanol–water partition coefficient (Wildman–Crippen LogP) is 5.10. The van der Waals surface area contributed by atoms with Gasteiger partial charge in [0.1, 0.15) is 5.82 Å². The quantitative estimate of drug-likeness (QED) is 0.629. The molecule has 0 aliphatic rings. The maximum Gasteiger partial charge on any atom is 0.258 e. The average molecular weight is 454 g/mol. The summed E-state index contributed by atoms with van der Waals surface area (Å²) in [5.74, 6) is -1.12. The third kappa shape index (κ3) is 3.67. The van der Waals surface area contributed by atoms with Crippen LogP contribution in [-0.4, -0.2) is 5.91 Å². The lowest BCUT2D eigenvalue weighted by atomic mass is 10.2. The van der Waals surface area contributed by atoms with Crippen molar-refractivity contribution in [2.45, 2.75) is 0 Å². The molecular formula is C13H7BrClFINO. The fraction of sp³-hybridized carbons (Fsp3) is 0. The lowest BCUT2D eigenvalue weighted by Crippen LogP contribution is -2.14. The Kier molecular flexibility index (Phi) is 4.81. The maximum atomic E-state index is 13.6. The molecule has 0 unspecified atom stereocenters. The molecule has 0 heterocycles. The van der Waals surface area contributed by atoms with Gasteiger partial charge in [0.25, 0.3) is 5.91 Å². The Hall–Kier alpha value is -0.660. The molecule has 0 saturated carbocycles. The van der Waals surface area contributed by atoms with Crippen LogP contribution in [0.1, 0.15) is 10.4 Å². The molecule has 0 atom stereocenters. The highest BCUT2D eigenvalue weighted by molar-refractivity contribution is 14.1. The summed E-state index contributed by atoms with van der Waals surface area (Å²) in [6.07, 6.45) is 0. The van der Waals surface area contributed by atoms with Crippen LogP contribution in [-0.2, 0) is 0 Å². The van der Waals surface area contributed by atoms with Crippen LogP contribution in [0, 0.1) is 9.39 Å². The van der Waals surface area contributed by atoms with E-state index in [2.05, 4.69) is 43.8 Å². The summed E-state index contributed by atoms with van der Waals surface area (Å²) >= 11 is 11.3. The minimum Gasteiger partial charge on any atom is -0.321 e. The van der Waals surface area contributed by atoms with Crippen LogP contribution in [0.2, 0.25) is 5.02 Å². The summed E-state index contributed by atoms with van der Waals surface area (Å²) in [4.78, 5) is 12.0. The minimum absolute atomic E-state index is 0.0380. The van der Waals surface area contributed by atoms with Crippen molar-refractivity contribution in [3.63, 3.8) is 0 Å². The SMILES string of the molecule is O=C(Nc1ccc(I)cc1Cl)c1cc(Br)ccc1F. The van der Waals surface area contributed by atoms with Gasteiger partial charge in [-0.1, -0.05) is 27.5 Å². The number of amides is 1. The van der Waals surface area contributed by atoms with E-state index in [1.54, 1.807) is 18.2 Å². The molecule has 2 nitrogen and oxygen atoms in total. The van der Waals surface area contributed by atoms with Crippen molar-refractivity contribution in [3.8, 4) is 0 Å². The van der Waals surface area contributed by atoms with Crippen molar-refractivity contribution < 1.29 is 9.18 Å². The standard InChI is InChI=1S/C13H7BrClFINO/c14-7-1-3-11(16)9(5-7)13(19)18-12-4-2-8(17)6-10(12)15/h1-6H,(H,18,19). The highest BCUT2D eigenvalue weighted by atomic mass is 127. The Bertz CT molecular complexity index is 651. The molecule has 0 saturated heterocycles. The van der Waals surface area contributed by atoms with Crippen LogP contribution in [0.25, 0.3) is 0 Å². The second-order valence-corrected chi connectivity index (χ2v) is 6.27. The fourth-order valence-corrected chi connectivity index (χ4v) is 2.72. The molecule has 2 aromatic carbocycles. The second kappa shape index (κ2) is 6.19. The van der Waals surface area contributed by atoms with Gasteiger partial charge in [0.15, 0.2) is 0 Å². The van der Waals surface area contributed by atoms with Gasteiger partial charge in [0.05, 0.1) is 16.3 Å². The zero-order valence-electron chi connectivity index (χ0n) is 9.38. The smallest absolute Gasteiger partial charge is 0.258 e. The number of hydrogen-bond acceptors (Lipinski definition) is 1. The zero-order valence-corrected chi connectivity index (χ0v) is 13.9. The number of rotatable bonds is 2. The summed E-state index contributed by atoms with van der Waals surface area (Å²) in [7, 11) is 0. The lowest BCUT2D eigenvalue weighted by molar-refractivity contribution is 0.102. The van der Waals surface area contributed by atoms with Gasteiger partial charge in [0, 0.05) is 8.04 Å². The van der Waals surface area contributed by atoms with Gasteiger partial charge in [-0.3, -0.25) is 4.79 Å². The van der Waals surface area contributed by atoms with E-state index in [0.29, 0.717) is 15.2 Å². The zero-order chi connectivity index (χ0) is 14.0. The van der Waals surface area contributed by atoms with E-state index in [4.69, 9.17) is 11.6 Å². The van der Waals surface area contributed by atoms with Crippen molar-refractivity contribution in [1.29, 1.82) is 0 Å². The van der Waals surface area contributed by atoms with Gasteiger partial charge in [-0.2, -0.15) is 0 Å². The van der Waals surface area contributed by atoms with Gasteiger partial charge in [-0.05, 0) is 59.0 Å². The Morgan fingerprint density at radius 2 is 2.00 bits per heavy atom. The number of hydrogen-bond donors (Lipinski definition) is 1. The van der Waals surface area contributed by atoms with Crippen molar-refractivity contribution >= 4 is 61.7 Å². The average Bonchev–Trinajstić information content (AvgIpc) is 2.35. The van der Waals surface area contributed by atoms with Crippen LogP contribution in [0.15, 0.2) is 40.9 Å². The van der Waals surface area contributed by atoms with E-state index in [1.165, 1.54) is 18.2 Å². The number of halogens is 4. The van der Waals surface area contributed by atoms with Crippen LogP contribution >= 0.6 is 50.1 Å². The second-order valence-electron chi connectivity index (χ2n) is 3.70. The summed E-state index contributed by atoms with van der Waals surface area (Å²) < 4.78 is 15.2. The molecule has 0 spiro atoms. The molecule has 0 aromatic heterocycles. The van der Waals surface area contributed by atoms with Gasteiger partial charge in [0.2, 0.25) is 0 Å². The van der Waals surface area contributed by atoms with E-state index in [1.807, 2.05) is 0 Å². The van der Waals surface area contributed by atoms with Crippen molar-refractivity contribution in [3.05, 3.63) is 60.8 Å². The first-order valence-electron chi connectivity index (χ1n) is 5.19. The van der Waals surface area contributed by atoms with E-state index in [0.717, 1.165) is 3.57 Å². The van der Waals surface area contributed by atoms with Gasteiger partial charge >= 0.3 is 0 Å². The molecule has 2 aromatic rings. The Labute approximate surface area is 136 Å². The molecule has 2 rings (SSSR count). The van der Waals surface area contributed by atoms with Gasteiger partial charge in [-0.15, -0.1) is 0 Å². The third-order valence-electron chi connectivity index (χ3n) is 2.35. The van der Waals surface area contributed by atoms with Crippen LogP contribution in [0.5, 0.6) is 0 Å². The summed E-state index contributed by atoms with van der Waals surface area (Å²) in [6.45, 7) is 0. The molecule has 1 N–H and O–H groups in total. The summed E-state index contributed by atoms with van der Waals surface area (Å²) in [5.41, 5.74) is 0.412. The minimum atomic E-state index is -0.581. The first-order valence-corrected chi connectivity index (χ1v) is 7.44.